The number of rotatable bonds is 10. The standard InChI is InChI=1S/C16H22N4O3S2.ClH/c17-9-4-2-1-3-8-15(21)19-13-6-5-7-14(12-13)25(22,23)20-16-18-10-11-24-16;/h5-7,10-12H,1-4,8-9,17H2,(H,18,20)(H,19,21);1H. The van der Waals surface area contributed by atoms with Crippen molar-refractivity contribution in [2.45, 2.75) is 37.0 Å². The maximum Gasteiger partial charge on any atom is 0.263 e. The zero-order valence-electron chi connectivity index (χ0n) is 14.2. The fourth-order valence-corrected chi connectivity index (χ4v) is 4.03. The molecule has 1 aromatic heterocycles. The molecule has 1 aromatic carbocycles. The van der Waals surface area contributed by atoms with Gasteiger partial charge in [-0.2, -0.15) is 0 Å². The highest BCUT2D eigenvalue weighted by molar-refractivity contribution is 7.93. The molecule has 0 fully saturated rings. The van der Waals surface area contributed by atoms with E-state index in [2.05, 4.69) is 15.0 Å². The Hall–Kier alpha value is -1.68. The van der Waals surface area contributed by atoms with Gasteiger partial charge in [-0.1, -0.05) is 18.9 Å². The third-order valence-corrected chi connectivity index (χ3v) is 5.59. The summed E-state index contributed by atoms with van der Waals surface area (Å²) in [7, 11) is -3.73. The van der Waals surface area contributed by atoms with Crippen molar-refractivity contribution in [3.63, 3.8) is 0 Å². The summed E-state index contributed by atoms with van der Waals surface area (Å²) in [5.41, 5.74) is 5.88. The Morgan fingerprint density at radius 2 is 1.96 bits per heavy atom. The number of amides is 1. The van der Waals surface area contributed by atoms with Gasteiger partial charge in [0.15, 0.2) is 5.13 Å². The van der Waals surface area contributed by atoms with Crippen LogP contribution in [-0.2, 0) is 14.8 Å². The number of sulfonamides is 1. The van der Waals surface area contributed by atoms with E-state index in [9.17, 15) is 13.2 Å². The molecule has 0 spiro atoms. The normalized spacial score (nSPS) is 10.8. The molecule has 0 saturated heterocycles. The van der Waals surface area contributed by atoms with E-state index in [-0.39, 0.29) is 23.2 Å². The van der Waals surface area contributed by atoms with Crippen LogP contribution in [0.2, 0.25) is 0 Å². The van der Waals surface area contributed by atoms with Gasteiger partial charge in [0, 0.05) is 23.7 Å². The summed E-state index contributed by atoms with van der Waals surface area (Å²) in [4.78, 5) is 15.9. The minimum absolute atomic E-state index is 0. The van der Waals surface area contributed by atoms with E-state index in [1.54, 1.807) is 17.5 Å². The molecule has 0 aliphatic heterocycles. The molecule has 1 amide bonds. The molecule has 0 unspecified atom stereocenters. The molecule has 7 nitrogen and oxygen atoms in total. The minimum atomic E-state index is -3.73. The Labute approximate surface area is 163 Å². The van der Waals surface area contributed by atoms with E-state index < -0.39 is 10.0 Å². The first-order valence-corrected chi connectivity index (χ1v) is 10.4. The van der Waals surface area contributed by atoms with Crippen molar-refractivity contribution in [1.82, 2.24) is 4.98 Å². The van der Waals surface area contributed by atoms with Crippen molar-refractivity contribution in [3.05, 3.63) is 35.8 Å². The third kappa shape index (κ3) is 7.28. The van der Waals surface area contributed by atoms with E-state index in [1.807, 2.05) is 0 Å². The van der Waals surface area contributed by atoms with Crippen LogP contribution in [0.15, 0.2) is 40.7 Å². The van der Waals surface area contributed by atoms with Crippen LogP contribution in [0.5, 0.6) is 0 Å². The third-order valence-electron chi connectivity index (χ3n) is 3.44. The van der Waals surface area contributed by atoms with Crippen LogP contribution in [0.25, 0.3) is 0 Å². The van der Waals surface area contributed by atoms with Crippen molar-refractivity contribution in [2.75, 3.05) is 16.6 Å². The molecule has 0 atom stereocenters. The monoisotopic (exact) mass is 418 g/mol. The van der Waals surface area contributed by atoms with Crippen molar-refractivity contribution < 1.29 is 13.2 Å². The number of nitrogens with two attached hydrogens (primary N) is 1. The Bertz CT molecular complexity index is 783. The Morgan fingerprint density at radius 3 is 2.65 bits per heavy atom. The SMILES string of the molecule is Cl.NCCCCCCC(=O)Nc1cccc(S(=O)(=O)Nc2nccs2)c1. The van der Waals surface area contributed by atoms with E-state index in [0.29, 0.717) is 23.8 Å². The van der Waals surface area contributed by atoms with Crippen LogP contribution in [0.4, 0.5) is 10.8 Å². The smallest absolute Gasteiger partial charge is 0.263 e. The summed E-state index contributed by atoms with van der Waals surface area (Å²) in [6.07, 6.45) is 5.64. The second-order valence-electron chi connectivity index (χ2n) is 5.47. The zero-order chi connectivity index (χ0) is 18.1. The largest absolute Gasteiger partial charge is 0.330 e. The molecule has 1 heterocycles. The first-order valence-electron chi connectivity index (χ1n) is 8.03. The summed E-state index contributed by atoms with van der Waals surface area (Å²) in [6, 6.07) is 6.16. The first kappa shape index (κ1) is 22.4. The highest BCUT2D eigenvalue weighted by atomic mass is 35.5. The average molecular weight is 419 g/mol. The number of nitrogens with zero attached hydrogens (tertiary/aromatic N) is 1. The molecule has 0 aliphatic rings. The van der Waals surface area contributed by atoms with Crippen LogP contribution in [-0.4, -0.2) is 25.9 Å². The second-order valence-corrected chi connectivity index (χ2v) is 8.05. The van der Waals surface area contributed by atoms with Crippen molar-refractivity contribution in [3.8, 4) is 0 Å². The van der Waals surface area contributed by atoms with Crippen molar-refractivity contribution in [1.29, 1.82) is 0 Å². The lowest BCUT2D eigenvalue weighted by atomic mass is 10.1. The number of benzene rings is 1. The van der Waals surface area contributed by atoms with Crippen LogP contribution in [0, 0.1) is 0 Å². The molecular weight excluding hydrogens is 396 g/mol. The van der Waals surface area contributed by atoms with Gasteiger partial charge >= 0.3 is 0 Å². The zero-order valence-corrected chi connectivity index (χ0v) is 16.6. The van der Waals surface area contributed by atoms with Gasteiger partial charge in [-0.05, 0) is 37.6 Å². The fraction of sp³-hybridized carbons (Fsp3) is 0.375. The number of thiazole rings is 1. The number of unbranched alkanes of at least 4 members (excludes halogenated alkanes) is 3. The molecule has 0 aliphatic carbocycles. The number of aromatic nitrogens is 1. The number of carbonyl (C=O) groups excluding carboxylic acids is 1. The topological polar surface area (TPSA) is 114 Å². The Kier molecular flexibility index (Phi) is 9.57. The molecule has 26 heavy (non-hydrogen) atoms. The van der Waals surface area contributed by atoms with Crippen LogP contribution < -0.4 is 15.8 Å². The van der Waals surface area contributed by atoms with Gasteiger partial charge in [-0.3, -0.25) is 9.52 Å². The fourth-order valence-electron chi connectivity index (χ4n) is 2.20. The summed E-state index contributed by atoms with van der Waals surface area (Å²) in [6.45, 7) is 0.669. The van der Waals surface area contributed by atoms with E-state index in [0.717, 1.165) is 25.7 Å². The molecule has 0 radical (unpaired) electrons. The summed E-state index contributed by atoms with van der Waals surface area (Å²) >= 11 is 1.19. The van der Waals surface area contributed by atoms with Crippen LogP contribution in [0.3, 0.4) is 0 Å². The number of hydrogen-bond acceptors (Lipinski definition) is 6. The van der Waals surface area contributed by atoms with Gasteiger partial charge in [0.25, 0.3) is 10.0 Å². The number of nitrogens with one attached hydrogen (secondary N) is 2. The predicted molar refractivity (Wildman–Crippen MR) is 107 cm³/mol. The number of halogens is 1. The first-order chi connectivity index (χ1) is 12.0. The number of anilines is 2. The lowest BCUT2D eigenvalue weighted by molar-refractivity contribution is -0.116. The molecule has 144 valence electrons. The quantitative estimate of drug-likeness (QED) is 0.512. The molecule has 0 bridgehead atoms. The number of carbonyl (C=O) groups is 1. The van der Waals surface area contributed by atoms with Crippen molar-refractivity contribution in [2.24, 2.45) is 5.73 Å². The minimum Gasteiger partial charge on any atom is -0.330 e. The summed E-state index contributed by atoms with van der Waals surface area (Å²) < 4.78 is 27.1. The lowest BCUT2D eigenvalue weighted by Crippen LogP contribution is -2.14. The Morgan fingerprint density at radius 1 is 1.19 bits per heavy atom. The molecule has 4 N–H and O–H groups in total. The van der Waals surface area contributed by atoms with Gasteiger partial charge in [0.05, 0.1) is 4.90 Å². The van der Waals surface area contributed by atoms with Crippen LogP contribution in [0.1, 0.15) is 32.1 Å². The Balaban J connectivity index is 0.00000338. The molecule has 0 saturated carbocycles. The molecule has 10 heteroatoms. The van der Waals surface area contributed by atoms with Gasteiger partial charge < -0.3 is 11.1 Å². The number of hydrogen-bond donors (Lipinski definition) is 3. The highest BCUT2D eigenvalue weighted by Crippen LogP contribution is 2.20. The van der Waals surface area contributed by atoms with E-state index in [4.69, 9.17) is 5.73 Å². The van der Waals surface area contributed by atoms with E-state index >= 15 is 0 Å². The average Bonchev–Trinajstić information content (AvgIpc) is 3.07. The molecular formula is C16H23ClN4O3S2. The summed E-state index contributed by atoms with van der Waals surface area (Å²) in [5.74, 6) is -0.129. The van der Waals surface area contributed by atoms with Gasteiger partial charge in [-0.15, -0.1) is 23.7 Å². The molecule has 2 aromatic rings. The summed E-state index contributed by atoms with van der Waals surface area (Å²) in [5, 5.41) is 4.72. The second kappa shape index (κ2) is 11.1. The lowest BCUT2D eigenvalue weighted by Gasteiger charge is -2.09. The van der Waals surface area contributed by atoms with E-state index in [1.165, 1.54) is 29.7 Å². The highest BCUT2D eigenvalue weighted by Gasteiger charge is 2.16. The maximum atomic E-state index is 12.3. The maximum absolute atomic E-state index is 12.3. The van der Waals surface area contributed by atoms with Crippen LogP contribution >= 0.6 is 23.7 Å². The van der Waals surface area contributed by atoms with Gasteiger partial charge in [0.1, 0.15) is 0 Å². The van der Waals surface area contributed by atoms with Crippen molar-refractivity contribution >= 4 is 50.5 Å². The van der Waals surface area contributed by atoms with Gasteiger partial charge in [-0.25, -0.2) is 13.4 Å². The predicted octanol–water partition coefficient (Wildman–Crippen LogP) is 3.21. The van der Waals surface area contributed by atoms with Gasteiger partial charge in [0.2, 0.25) is 5.91 Å². The molecule has 2 rings (SSSR count).